The molecule has 0 radical (unpaired) electrons. The molecule has 5 aromatic rings. The molecule has 3 aromatic heterocycles. The first-order valence-corrected chi connectivity index (χ1v) is 14.7. The Balaban J connectivity index is 1.01. The van der Waals surface area contributed by atoms with E-state index < -0.39 is 11.6 Å². The second kappa shape index (κ2) is 11.1. The van der Waals surface area contributed by atoms with Crippen LogP contribution in [0.15, 0.2) is 73.2 Å². The number of aryl methyl sites for hydroxylation is 1. The van der Waals surface area contributed by atoms with Gasteiger partial charge in [0.1, 0.15) is 5.82 Å². The van der Waals surface area contributed by atoms with Crippen molar-refractivity contribution in [2.45, 2.75) is 44.9 Å². The topological polar surface area (TPSA) is 89.0 Å². The number of fused-ring (bicyclic) bond motifs is 1. The number of nitrogens with one attached hydrogen (secondary N) is 1. The number of aromatic amines is 1. The maximum absolute atomic E-state index is 14.8. The second-order valence-corrected chi connectivity index (χ2v) is 11.7. The van der Waals surface area contributed by atoms with Gasteiger partial charge in [-0.3, -0.25) is 20.0 Å². The van der Waals surface area contributed by atoms with Crippen molar-refractivity contribution in [3.63, 3.8) is 0 Å². The molecule has 0 amide bonds. The number of H-pyrrole nitrogens is 1. The van der Waals surface area contributed by atoms with Gasteiger partial charge in [-0.15, -0.1) is 0 Å². The van der Waals surface area contributed by atoms with Crippen LogP contribution in [0, 0.1) is 12.7 Å². The van der Waals surface area contributed by atoms with Crippen molar-refractivity contribution in [3.05, 3.63) is 106 Å². The second-order valence-electron chi connectivity index (χ2n) is 11.2. The van der Waals surface area contributed by atoms with Crippen LogP contribution in [0.25, 0.3) is 22.8 Å². The number of rotatable bonds is 6. The first-order valence-electron chi connectivity index (χ1n) is 14.3. The lowest BCUT2D eigenvalue weighted by Crippen LogP contribution is -2.34. The van der Waals surface area contributed by atoms with Crippen LogP contribution in [0.4, 0.5) is 4.39 Å². The van der Waals surface area contributed by atoms with E-state index in [4.69, 9.17) is 26.1 Å². The molecule has 2 aliphatic heterocycles. The van der Waals surface area contributed by atoms with Gasteiger partial charge in [0.25, 0.3) is 5.79 Å². The minimum absolute atomic E-state index is 0.309. The van der Waals surface area contributed by atoms with Gasteiger partial charge in [-0.1, -0.05) is 23.7 Å². The maximum atomic E-state index is 14.8. The molecule has 0 spiro atoms. The number of piperidine rings is 1. The highest BCUT2D eigenvalue weighted by Crippen LogP contribution is 2.49. The Morgan fingerprint density at radius 3 is 2.67 bits per heavy atom. The molecule has 0 unspecified atom stereocenters. The molecule has 0 saturated carbocycles. The molecule has 1 fully saturated rings. The molecule has 5 heterocycles. The first kappa shape index (κ1) is 27.5. The molecule has 8 nitrogen and oxygen atoms in total. The number of hydrogen-bond acceptors (Lipinski definition) is 7. The lowest BCUT2D eigenvalue weighted by molar-refractivity contribution is -0.0712. The van der Waals surface area contributed by atoms with E-state index in [0.29, 0.717) is 39.7 Å². The van der Waals surface area contributed by atoms with E-state index in [9.17, 15) is 4.39 Å². The van der Waals surface area contributed by atoms with Crippen LogP contribution < -0.4 is 9.47 Å². The van der Waals surface area contributed by atoms with Crippen molar-refractivity contribution in [2.75, 3.05) is 13.1 Å². The lowest BCUT2D eigenvalue weighted by atomic mass is 9.88. The average Bonchev–Trinajstić information content (AvgIpc) is 3.64. The van der Waals surface area contributed by atoms with E-state index in [1.54, 1.807) is 31.5 Å². The minimum atomic E-state index is -1.26. The normalized spacial score (nSPS) is 18.7. The third kappa shape index (κ3) is 5.34. The number of ether oxygens (including phenoxy) is 2. The van der Waals surface area contributed by atoms with Crippen LogP contribution in [-0.2, 0) is 12.3 Å². The number of halogens is 2. The molecule has 2 aromatic carbocycles. The van der Waals surface area contributed by atoms with Crippen molar-refractivity contribution in [3.8, 4) is 34.3 Å². The quantitative estimate of drug-likeness (QED) is 0.225. The summed E-state index contributed by atoms with van der Waals surface area (Å²) in [6.45, 7) is 6.45. The molecular formula is C33H30ClFN6O2. The van der Waals surface area contributed by atoms with Crippen molar-refractivity contribution in [1.82, 2.24) is 30.0 Å². The van der Waals surface area contributed by atoms with Crippen molar-refractivity contribution in [2.24, 2.45) is 0 Å². The largest absolute Gasteiger partial charge is 0.444 e. The summed E-state index contributed by atoms with van der Waals surface area (Å²) in [5.41, 5.74) is 5.33. The summed E-state index contributed by atoms with van der Waals surface area (Å²) in [5, 5.41) is 7.72. The summed E-state index contributed by atoms with van der Waals surface area (Å²) in [6, 6.07) is 16.4. The van der Waals surface area contributed by atoms with E-state index in [1.807, 2.05) is 30.5 Å². The summed E-state index contributed by atoms with van der Waals surface area (Å²) in [7, 11) is 0. The van der Waals surface area contributed by atoms with E-state index in [2.05, 4.69) is 44.1 Å². The summed E-state index contributed by atoms with van der Waals surface area (Å²) in [6.07, 6.45) is 7.27. The number of aromatic nitrogens is 5. The predicted octanol–water partition coefficient (Wildman–Crippen LogP) is 7.05. The minimum Gasteiger partial charge on any atom is -0.444 e. The van der Waals surface area contributed by atoms with Crippen LogP contribution in [0.3, 0.4) is 0 Å². The van der Waals surface area contributed by atoms with Gasteiger partial charge in [-0.2, -0.15) is 5.10 Å². The Morgan fingerprint density at radius 1 is 1.05 bits per heavy atom. The van der Waals surface area contributed by atoms with Crippen molar-refractivity contribution < 1.29 is 13.9 Å². The lowest BCUT2D eigenvalue weighted by Gasteiger charge is -2.32. The molecule has 0 bridgehead atoms. The highest BCUT2D eigenvalue weighted by atomic mass is 35.5. The van der Waals surface area contributed by atoms with E-state index >= 15 is 0 Å². The van der Waals surface area contributed by atoms with Crippen molar-refractivity contribution in [1.29, 1.82) is 0 Å². The zero-order chi connectivity index (χ0) is 29.6. The number of likely N-dealkylation sites (tertiary alicyclic amines) is 1. The molecule has 43 heavy (non-hydrogen) atoms. The van der Waals surface area contributed by atoms with Gasteiger partial charge in [0.05, 0.1) is 11.3 Å². The molecule has 218 valence electrons. The summed E-state index contributed by atoms with van der Waals surface area (Å²) < 4.78 is 27.3. The fraction of sp³-hybridized carbons (Fsp3) is 0.273. The Morgan fingerprint density at radius 2 is 1.91 bits per heavy atom. The Labute approximate surface area is 253 Å². The Bertz CT molecular complexity index is 1790. The zero-order valence-electron chi connectivity index (χ0n) is 23.8. The molecule has 10 heteroatoms. The van der Waals surface area contributed by atoms with Gasteiger partial charge in [0.15, 0.2) is 23.1 Å². The summed E-state index contributed by atoms with van der Waals surface area (Å²) in [4.78, 5) is 16.0. The van der Waals surface area contributed by atoms with Gasteiger partial charge >= 0.3 is 0 Å². The standard InChI is InChI=1S/C33H30ClFN6O2/c1-20-15-23(32-38-31(39-40-32)22-5-4-12-36-17-22)18-37-28(20)19-41-13-10-21(11-14-41)25-6-3-7-29-30(25)43-33(2,42-29)26-9-8-24(34)16-27(26)35/h3-9,12,15-18,21H,10-11,13-14,19H2,1-2H3,(H,38,39,40)/t33-/m0/s1. The molecule has 1 saturated heterocycles. The third-order valence-electron chi connectivity index (χ3n) is 8.30. The number of pyridine rings is 2. The number of benzene rings is 2. The van der Waals surface area contributed by atoms with E-state index in [0.717, 1.165) is 60.4 Å². The molecule has 7 rings (SSSR count). The third-order valence-corrected chi connectivity index (χ3v) is 8.53. The predicted molar refractivity (Wildman–Crippen MR) is 161 cm³/mol. The molecular weight excluding hydrogens is 567 g/mol. The Hall–Kier alpha value is -4.34. The number of nitrogens with zero attached hydrogens (tertiary/aromatic N) is 5. The molecule has 1 atom stereocenters. The van der Waals surface area contributed by atoms with Crippen LogP contribution in [0.1, 0.15) is 48.1 Å². The molecule has 2 aliphatic rings. The Kier molecular flexibility index (Phi) is 7.07. The van der Waals surface area contributed by atoms with E-state index in [-0.39, 0.29) is 0 Å². The SMILES string of the molecule is Cc1cc(-c2n[nH]c(-c3cccnc3)n2)cnc1CN1CCC(c2cccc3c2O[C@@](C)(c2ccc(Cl)cc2F)O3)CC1. The highest BCUT2D eigenvalue weighted by molar-refractivity contribution is 6.30. The van der Waals surface area contributed by atoms with Crippen LogP contribution in [0.2, 0.25) is 5.02 Å². The summed E-state index contributed by atoms with van der Waals surface area (Å²) in [5.74, 6) is 1.22. The van der Waals surface area contributed by atoms with Gasteiger partial charge < -0.3 is 9.47 Å². The monoisotopic (exact) mass is 596 g/mol. The van der Waals surface area contributed by atoms with Gasteiger partial charge in [-0.25, -0.2) is 9.37 Å². The highest BCUT2D eigenvalue weighted by Gasteiger charge is 2.43. The average molecular weight is 597 g/mol. The fourth-order valence-electron chi connectivity index (χ4n) is 5.96. The molecule has 1 N–H and O–H groups in total. The number of para-hydroxylation sites is 1. The van der Waals surface area contributed by atoms with Crippen LogP contribution in [0.5, 0.6) is 11.5 Å². The number of hydrogen-bond donors (Lipinski definition) is 1. The van der Waals surface area contributed by atoms with Gasteiger partial charge in [0, 0.05) is 53.8 Å². The maximum Gasteiger partial charge on any atom is 0.278 e. The molecule has 0 aliphatic carbocycles. The first-order chi connectivity index (χ1) is 20.9. The van der Waals surface area contributed by atoms with Crippen LogP contribution in [-0.4, -0.2) is 43.1 Å². The summed E-state index contributed by atoms with van der Waals surface area (Å²) >= 11 is 5.97. The van der Waals surface area contributed by atoms with E-state index in [1.165, 1.54) is 6.07 Å². The zero-order valence-corrected chi connectivity index (χ0v) is 24.6. The van der Waals surface area contributed by atoms with Gasteiger partial charge in [0.2, 0.25) is 0 Å². The smallest absolute Gasteiger partial charge is 0.278 e. The fourth-order valence-corrected chi connectivity index (χ4v) is 6.12. The van der Waals surface area contributed by atoms with Crippen molar-refractivity contribution >= 4 is 11.6 Å². The van der Waals surface area contributed by atoms with Gasteiger partial charge in [-0.05, 0) is 86.8 Å². The van der Waals surface area contributed by atoms with Crippen LogP contribution >= 0.6 is 11.6 Å².